The van der Waals surface area contributed by atoms with Gasteiger partial charge in [-0.15, -0.1) is 0 Å². The highest BCUT2D eigenvalue weighted by molar-refractivity contribution is 5.90. The van der Waals surface area contributed by atoms with E-state index < -0.39 is 47.5 Å². The van der Waals surface area contributed by atoms with Crippen LogP contribution in [0.1, 0.15) is 36.0 Å². The number of ketones is 1. The maximum atomic E-state index is 14.8. The zero-order valence-corrected chi connectivity index (χ0v) is 20.4. The monoisotopic (exact) mass is 550 g/mol. The fourth-order valence-corrected chi connectivity index (χ4v) is 4.62. The molecule has 11 heteroatoms. The topological polar surface area (TPSA) is 67.4 Å². The minimum absolute atomic E-state index is 0.0976. The highest BCUT2D eigenvalue weighted by Crippen LogP contribution is 2.38. The summed E-state index contributed by atoms with van der Waals surface area (Å²) in [4.78, 5) is 25.4. The van der Waals surface area contributed by atoms with Gasteiger partial charge in [-0.05, 0) is 53.8 Å². The number of ether oxygens (including phenoxy) is 1. The Hall–Kier alpha value is -4.02. The molecule has 3 aromatic carbocycles. The van der Waals surface area contributed by atoms with Crippen molar-refractivity contribution in [3.8, 4) is 5.75 Å². The zero-order chi connectivity index (χ0) is 28.2. The number of hydrogen-bond acceptors (Lipinski definition) is 3. The van der Waals surface area contributed by atoms with Crippen molar-refractivity contribution in [3.05, 3.63) is 101 Å². The second-order valence-corrected chi connectivity index (χ2v) is 9.22. The molecule has 0 spiro atoms. The van der Waals surface area contributed by atoms with Crippen molar-refractivity contribution in [1.29, 1.82) is 0 Å². The van der Waals surface area contributed by atoms with Crippen LogP contribution < -0.4 is 15.4 Å². The first-order chi connectivity index (χ1) is 18.5. The van der Waals surface area contributed by atoms with Gasteiger partial charge in [-0.1, -0.05) is 42.5 Å². The van der Waals surface area contributed by atoms with E-state index in [-0.39, 0.29) is 23.3 Å². The molecular formula is C28H24F6N2O3. The molecule has 0 saturated heterocycles. The van der Waals surface area contributed by atoms with Crippen LogP contribution in [0.2, 0.25) is 0 Å². The van der Waals surface area contributed by atoms with Crippen LogP contribution >= 0.6 is 0 Å². The van der Waals surface area contributed by atoms with E-state index in [4.69, 9.17) is 0 Å². The first-order valence-electron chi connectivity index (χ1n) is 12.1. The lowest BCUT2D eigenvalue weighted by atomic mass is 9.77. The largest absolute Gasteiger partial charge is 0.461 e. The van der Waals surface area contributed by atoms with E-state index in [1.54, 1.807) is 30.3 Å². The Morgan fingerprint density at radius 3 is 2.26 bits per heavy atom. The molecule has 1 aliphatic rings. The van der Waals surface area contributed by atoms with E-state index in [0.29, 0.717) is 30.9 Å². The Balaban J connectivity index is 1.86. The van der Waals surface area contributed by atoms with E-state index in [9.17, 15) is 35.9 Å². The molecule has 0 bridgehead atoms. The Morgan fingerprint density at radius 1 is 0.949 bits per heavy atom. The second kappa shape index (κ2) is 11.4. The summed E-state index contributed by atoms with van der Waals surface area (Å²) in [6.45, 7) is 0. The molecule has 5 nitrogen and oxygen atoms in total. The molecule has 2 N–H and O–H groups in total. The van der Waals surface area contributed by atoms with Crippen LogP contribution in [0.5, 0.6) is 5.75 Å². The van der Waals surface area contributed by atoms with Gasteiger partial charge in [0.1, 0.15) is 17.4 Å². The molecule has 3 aromatic rings. The van der Waals surface area contributed by atoms with Crippen LogP contribution in [0.25, 0.3) is 0 Å². The minimum atomic E-state index is -4.92. The molecule has 2 atom stereocenters. The molecule has 4 rings (SSSR count). The van der Waals surface area contributed by atoms with Gasteiger partial charge in [0.2, 0.25) is 0 Å². The van der Waals surface area contributed by atoms with Gasteiger partial charge in [-0.25, -0.2) is 13.6 Å². The van der Waals surface area contributed by atoms with Gasteiger partial charge in [0.15, 0.2) is 5.78 Å². The number of carbonyl (C=O) groups is 2. The Bertz CT molecular complexity index is 1320. The summed E-state index contributed by atoms with van der Waals surface area (Å²) in [6, 6.07) is 14.1. The van der Waals surface area contributed by atoms with Crippen LogP contribution in [0.15, 0.2) is 72.8 Å². The third-order valence-electron chi connectivity index (χ3n) is 6.46. The number of alkyl halides is 4. The van der Waals surface area contributed by atoms with Gasteiger partial charge in [0.05, 0.1) is 11.6 Å². The molecule has 1 saturated carbocycles. The number of rotatable bonds is 9. The molecule has 0 unspecified atom stereocenters. The highest BCUT2D eigenvalue weighted by Gasteiger charge is 2.45. The van der Waals surface area contributed by atoms with Crippen LogP contribution in [-0.2, 0) is 16.8 Å². The molecule has 0 radical (unpaired) electrons. The fraction of sp³-hybridized carbons (Fsp3) is 0.286. The number of hydrogen-bond donors (Lipinski definition) is 2. The second-order valence-electron chi connectivity index (χ2n) is 9.22. The van der Waals surface area contributed by atoms with Crippen LogP contribution in [0.4, 0.5) is 31.1 Å². The summed E-state index contributed by atoms with van der Waals surface area (Å²) in [5.41, 5.74) is -1.08. The van der Waals surface area contributed by atoms with Gasteiger partial charge >= 0.3 is 18.6 Å². The van der Waals surface area contributed by atoms with Crippen molar-refractivity contribution in [2.24, 2.45) is 0 Å². The van der Waals surface area contributed by atoms with Crippen LogP contribution in [0, 0.1) is 11.6 Å². The molecular weight excluding hydrogens is 526 g/mol. The first kappa shape index (κ1) is 28.0. The molecule has 0 aromatic heterocycles. The smallest absolute Gasteiger partial charge is 0.428 e. The molecule has 0 heterocycles. The van der Waals surface area contributed by atoms with Gasteiger partial charge in [-0.3, -0.25) is 4.79 Å². The van der Waals surface area contributed by atoms with E-state index in [2.05, 4.69) is 15.4 Å². The third-order valence-corrected chi connectivity index (χ3v) is 6.46. The third kappa shape index (κ3) is 6.52. The normalized spacial score (nSPS) is 17.1. The average Bonchev–Trinajstić information content (AvgIpc) is 3.27. The number of nitrogens with one attached hydrogen (secondary N) is 2. The minimum Gasteiger partial charge on any atom is -0.428 e. The predicted octanol–water partition coefficient (Wildman–Crippen LogP) is 6.11. The maximum Gasteiger partial charge on any atom is 0.461 e. The number of halogens is 6. The fourth-order valence-electron chi connectivity index (χ4n) is 4.62. The van der Waals surface area contributed by atoms with E-state index in [1.165, 1.54) is 12.1 Å². The lowest BCUT2D eigenvalue weighted by molar-refractivity contribution is -0.253. The molecule has 1 aliphatic carbocycles. The van der Waals surface area contributed by atoms with Gasteiger partial charge < -0.3 is 15.4 Å². The summed E-state index contributed by atoms with van der Waals surface area (Å²) in [7, 11) is 0. The maximum absolute atomic E-state index is 14.8. The number of urea groups is 1. The lowest BCUT2D eigenvalue weighted by Crippen LogP contribution is -2.54. The summed E-state index contributed by atoms with van der Waals surface area (Å²) >= 11 is 0. The van der Waals surface area contributed by atoms with E-state index in [0.717, 1.165) is 24.3 Å². The van der Waals surface area contributed by atoms with Crippen molar-refractivity contribution in [2.45, 2.75) is 49.8 Å². The molecule has 0 aliphatic heterocycles. The Labute approximate surface area is 220 Å². The van der Waals surface area contributed by atoms with Crippen LogP contribution in [0.3, 0.4) is 0 Å². The predicted molar refractivity (Wildman–Crippen MR) is 130 cm³/mol. The molecule has 2 amide bonds. The summed E-state index contributed by atoms with van der Waals surface area (Å²) in [6.07, 6.45) is -7.92. The van der Waals surface area contributed by atoms with Crippen LogP contribution in [-0.4, -0.2) is 30.4 Å². The van der Waals surface area contributed by atoms with Gasteiger partial charge in [-0.2, -0.15) is 17.6 Å². The number of benzene rings is 3. The van der Waals surface area contributed by atoms with Gasteiger partial charge in [0.25, 0.3) is 0 Å². The highest BCUT2D eigenvalue weighted by atomic mass is 19.3. The summed E-state index contributed by atoms with van der Waals surface area (Å²) < 4.78 is 86.0. The van der Waals surface area contributed by atoms with Crippen molar-refractivity contribution < 1.29 is 40.7 Å². The van der Waals surface area contributed by atoms with Gasteiger partial charge in [0, 0.05) is 18.9 Å². The molecule has 206 valence electrons. The van der Waals surface area contributed by atoms with Crippen molar-refractivity contribution in [2.75, 3.05) is 0 Å². The van der Waals surface area contributed by atoms with Crippen molar-refractivity contribution in [1.82, 2.24) is 10.6 Å². The number of carbonyl (C=O) groups excluding carboxylic acids is 2. The van der Waals surface area contributed by atoms with E-state index >= 15 is 0 Å². The lowest BCUT2D eigenvalue weighted by Gasteiger charge is -2.37. The Morgan fingerprint density at radius 2 is 1.64 bits per heavy atom. The summed E-state index contributed by atoms with van der Waals surface area (Å²) in [5.74, 6) is -2.81. The number of amides is 2. The number of Topliss-reactive ketones (excluding diaryl/α,β-unsaturated/α-hetero) is 1. The molecule has 39 heavy (non-hydrogen) atoms. The standard InChI is InChI=1S/C28H24F6N2O3/c29-20-11-9-18(10-12-20)27(16-17-5-2-1-3-6-17,36-26(38)35-23-7-4-8-24(23)37)19-13-21(30)15-22(14-19)39-28(33,34)25(31)32/h1-3,5-6,9-15,23,25H,4,7-8,16H2,(H2,35,36,38)/t23-,27-/m1/s1. The Kier molecular flexibility index (Phi) is 8.17. The summed E-state index contributed by atoms with van der Waals surface area (Å²) in [5, 5.41) is 5.32. The molecule has 1 fully saturated rings. The first-order valence-corrected chi connectivity index (χ1v) is 12.1. The van der Waals surface area contributed by atoms with Crippen molar-refractivity contribution >= 4 is 11.8 Å². The van der Waals surface area contributed by atoms with E-state index in [1.807, 2.05) is 0 Å². The zero-order valence-electron chi connectivity index (χ0n) is 20.4. The SMILES string of the molecule is O=C(N[C@@H]1CCCC1=O)N[C@](Cc1ccccc1)(c1ccc(F)cc1)c1cc(F)cc(OC(F)(F)C(F)F)c1. The quantitative estimate of drug-likeness (QED) is 0.316. The van der Waals surface area contributed by atoms with Crippen molar-refractivity contribution in [3.63, 3.8) is 0 Å². The average molecular weight is 550 g/mol.